The highest BCUT2D eigenvalue weighted by atomic mass is 32.2. The summed E-state index contributed by atoms with van der Waals surface area (Å²) in [5.74, 6) is -0.201. The molecule has 1 fully saturated rings. The molecule has 174 valence electrons. The standard InChI is InChI=1S/C23H27F3N2O3S/c1-27(17-19-6-5-7-20(16-19)23(24,25)26)22(29)13-10-18-8-11-21(12-9-18)32(30,31)28-14-3-2-4-15-28/h5-9,11-12,16H,2-4,10,13-15,17H2,1H3. The molecule has 0 aliphatic carbocycles. The number of sulfonamides is 1. The van der Waals surface area contributed by atoms with E-state index in [0.717, 1.165) is 37.0 Å². The Bertz CT molecular complexity index is 1030. The molecular weight excluding hydrogens is 441 g/mol. The smallest absolute Gasteiger partial charge is 0.341 e. The number of nitrogens with zero attached hydrogens (tertiary/aromatic N) is 2. The van der Waals surface area contributed by atoms with E-state index >= 15 is 0 Å². The van der Waals surface area contributed by atoms with E-state index in [-0.39, 0.29) is 23.8 Å². The second kappa shape index (κ2) is 10.0. The van der Waals surface area contributed by atoms with E-state index in [9.17, 15) is 26.4 Å². The number of rotatable bonds is 7. The van der Waals surface area contributed by atoms with E-state index in [4.69, 9.17) is 0 Å². The fraction of sp³-hybridized carbons (Fsp3) is 0.435. The number of halogens is 3. The fourth-order valence-corrected chi connectivity index (χ4v) is 5.25. The summed E-state index contributed by atoms with van der Waals surface area (Å²) in [5, 5.41) is 0. The van der Waals surface area contributed by atoms with Gasteiger partial charge in [0.25, 0.3) is 0 Å². The van der Waals surface area contributed by atoms with Crippen LogP contribution in [0.3, 0.4) is 0 Å². The number of aryl methyl sites for hydroxylation is 1. The molecule has 0 saturated carbocycles. The van der Waals surface area contributed by atoms with Crippen LogP contribution in [-0.4, -0.2) is 43.7 Å². The van der Waals surface area contributed by atoms with Crippen molar-refractivity contribution < 1.29 is 26.4 Å². The second-order valence-corrected chi connectivity index (χ2v) is 9.99. The molecule has 2 aromatic rings. The van der Waals surface area contributed by atoms with Crippen molar-refractivity contribution in [1.29, 1.82) is 0 Å². The molecular formula is C23H27F3N2O3S. The summed E-state index contributed by atoms with van der Waals surface area (Å²) in [4.78, 5) is 14.1. The monoisotopic (exact) mass is 468 g/mol. The van der Waals surface area contributed by atoms with Crippen LogP contribution in [-0.2, 0) is 34.0 Å². The molecule has 0 spiro atoms. The lowest BCUT2D eigenvalue weighted by molar-refractivity contribution is -0.137. The van der Waals surface area contributed by atoms with Crippen LogP contribution in [0, 0.1) is 0 Å². The van der Waals surface area contributed by atoms with Gasteiger partial charge in [0.05, 0.1) is 10.5 Å². The zero-order valence-electron chi connectivity index (χ0n) is 17.9. The fourth-order valence-electron chi connectivity index (χ4n) is 3.73. The number of hydrogen-bond donors (Lipinski definition) is 0. The van der Waals surface area contributed by atoms with Crippen LogP contribution >= 0.6 is 0 Å². The average molecular weight is 469 g/mol. The highest BCUT2D eigenvalue weighted by Gasteiger charge is 2.30. The number of carbonyl (C=O) groups excluding carboxylic acids is 1. The quantitative estimate of drug-likeness (QED) is 0.603. The maximum absolute atomic E-state index is 12.9. The highest BCUT2D eigenvalue weighted by Crippen LogP contribution is 2.29. The van der Waals surface area contributed by atoms with E-state index in [2.05, 4.69) is 0 Å². The number of hydrogen-bond acceptors (Lipinski definition) is 3. The van der Waals surface area contributed by atoms with Gasteiger partial charge in [0.1, 0.15) is 0 Å². The number of benzene rings is 2. The van der Waals surface area contributed by atoms with Crippen molar-refractivity contribution in [3.05, 3.63) is 65.2 Å². The maximum atomic E-state index is 12.9. The molecule has 1 heterocycles. The van der Waals surface area contributed by atoms with Crippen LogP contribution in [0.2, 0.25) is 0 Å². The first-order valence-electron chi connectivity index (χ1n) is 10.6. The van der Waals surface area contributed by atoms with Crippen LogP contribution < -0.4 is 0 Å². The zero-order valence-corrected chi connectivity index (χ0v) is 18.8. The van der Waals surface area contributed by atoms with Crippen molar-refractivity contribution in [2.24, 2.45) is 0 Å². The van der Waals surface area contributed by atoms with E-state index < -0.39 is 21.8 Å². The molecule has 0 N–H and O–H groups in total. The van der Waals surface area contributed by atoms with Crippen molar-refractivity contribution >= 4 is 15.9 Å². The third-order valence-electron chi connectivity index (χ3n) is 5.60. The Hall–Kier alpha value is -2.39. The maximum Gasteiger partial charge on any atom is 0.416 e. The molecule has 1 aliphatic heterocycles. The predicted octanol–water partition coefficient (Wildman–Crippen LogP) is 4.47. The first-order chi connectivity index (χ1) is 15.1. The van der Waals surface area contributed by atoms with Crippen LogP contribution in [0.15, 0.2) is 53.4 Å². The Morgan fingerprint density at radius 3 is 2.28 bits per heavy atom. The van der Waals surface area contributed by atoms with Gasteiger partial charge in [0.15, 0.2) is 0 Å². The molecule has 0 bridgehead atoms. The first-order valence-corrected chi connectivity index (χ1v) is 12.0. The van der Waals surface area contributed by atoms with Crippen LogP contribution in [0.1, 0.15) is 42.4 Å². The molecule has 1 saturated heterocycles. The normalized spacial score (nSPS) is 15.5. The Morgan fingerprint density at radius 2 is 1.66 bits per heavy atom. The Morgan fingerprint density at radius 1 is 1.00 bits per heavy atom. The zero-order chi connectivity index (χ0) is 23.4. The lowest BCUT2D eigenvalue weighted by atomic mass is 10.1. The predicted molar refractivity (Wildman–Crippen MR) is 115 cm³/mol. The van der Waals surface area contributed by atoms with Crippen molar-refractivity contribution in [2.75, 3.05) is 20.1 Å². The van der Waals surface area contributed by atoms with Gasteiger partial charge in [0, 0.05) is 33.1 Å². The van der Waals surface area contributed by atoms with Gasteiger partial charge in [-0.2, -0.15) is 17.5 Å². The SMILES string of the molecule is CN(Cc1cccc(C(F)(F)F)c1)C(=O)CCc1ccc(S(=O)(=O)N2CCCCC2)cc1. The third-order valence-corrected chi connectivity index (χ3v) is 7.52. The van der Waals surface area contributed by atoms with Gasteiger partial charge >= 0.3 is 6.18 Å². The molecule has 9 heteroatoms. The molecule has 0 atom stereocenters. The van der Waals surface area contributed by atoms with Gasteiger partial charge in [-0.15, -0.1) is 0 Å². The van der Waals surface area contributed by atoms with E-state index in [1.54, 1.807) is 37.4 Å². The van der Waals surface area contributed by atoms with E-state index in [0.29, 0.717) is 25.1 Å². The minimum absolute atomic E-state index is 0.0791. The first kappa shape index (κ1) is 24.3. The summed E-state index contributed by atoms with van der Waals surface area (Å²) in [5.41, 5.74) is 0.488. The summed E-state index contributed by atoms with van der Waals surface area (Å²) in [7, 11) is -1.94. The molecule has 0 aromatic heterocycles. The lowest BCUT2D eigenvalue weighted by Gasteiger charge is -2.25. The number of amides is 1. The molecule has 1 aliphatic rings. The third kappa shape index (κ3) is 6.10. The second-order valence-electron chi connectivity index (χ2n) is 8.06. The summed E-state index contributed by atoms with van der Waals surface area (Å²) < 4.78 is 65.5. The van der Waals surface area contributed by atoms with Crippen LogP contribution in [0.25, 0.3) is 0 Å². The van der Waals surface area contributed by atoms with Crippen molar-refractivity contribution in [3.8, 4) is 0 Å². The molecule has 2 aromatic carbocycles. The summed E-state index contributed by atoms with van der Waals surface area (Å²) in [6.45, 7) is 1.16. The minimum Gasteiger partial charge on any atom is -0.341 e. The van der Waals surface area contributed by atoms with Crippen molar-refractivity contribution in [3.63, 3.8) is 0 Å². The Balaban J connectivity index is 1.55. The van der Waals surface area contributed by atoms with Crippen LogP contribution in [0.4, 0.5) is 13.2 Å². The number of piperidine rings is 1. The van der Waals surface area contributed by atoms with Crippen molar-refractivity contribution in [1.82, 2.24) is 9.21 Å². The number of alkyl halides is 3. The summed E-state index contributed by atoms with van der Waals surface area (Å²) in [6, 6.07) is 11.5. The van der Waals surface area contributed by atoms with Gasteiger partial charge in [-0.25, -0.2) is 8.42 Å². The molecule has 0 radical (unpaired) electrons. The molecule has 3 rings (SSSR count). The van der Waals surface area contributed by atoms with Gasteiger partial charge in [-0.3, -0.25) is 4.79 Å². The summed E-state index contributed by atoms with van der Waals surface area (Å²) >= 11 is 0. The molecule has 1 amide bonds. The summed E-state index contributed by atoms with van der Waals surface area (Å²) in [6.07, 6.45) is -1.06. The van der Waals surface area contributed by atoms with Gasteiger partial charge in [0.2, 0.25) is 15.9 Å². The highest BCUT2D eigenvalue weighted by molar-refractivity contribution is 7.89. The topological polar surface area (TPSA) is 57.7 Å². The minimum atomic E-state index is -4.42. The van der Waals surface area contributed by atoms with Crippen LogP contribution in [0.5, 0.6) is 0 Å². The molecule has 5 nitrogen and oxygen atoms in total. The molecule has 32 heavy (non-hydrogen) atoms. The van der Waals surface area contributed by atoms with Gasteiger partial charge < -0.3 is 4.90 Å². The Kier molecular flexibility index (Phi) is 7.61. The van der Waals surface area contributed by atoms with E-state index in [1.165, 1.54) is 15.3 Å². The van der Waals surface area contributed by atoms with Gasteiger partial charge in [-0.1, -0.05) is 30.7 Å². The Labute approximate surface area is 186 Å². The largest absolute Gasteiger partial charge is 0.416 e. The molecule has 0 unspecified atom stereocenters. The lowest BCUT2D eigenvalue weighted by Crippen LogP contribution is -2.35. The number of carbonyl (C=O) groups is 1. The average Bonchev–Trinajstić information content (AvgIpc) is 2.78. The van der Waals surface area contributed by atoms with E-state index in [1.807, 2.05) is 0 Å². The van der Waals surface area contributed by atoms with Gasteiger partial charge in [-0.05, 0) is 54.7 Å². The van der Waals surface area contributed by atoms with Crippen molar-refractivity contribution in [2.45, 2.75) is 49.7 Å².